The number of carbonyl (C=O) groups is 1. The van der Waals surface area contributed by atoms with Crippen LogP contribution in [0.2, 0.25) is 0 Å². The number of methoxy groups -OCH3 is 1. The van der Waals surface area contributed by atoms with Crippen LogP contribution < -0.4 is 0 Å². The predicted molar refractivity (Wildman–Crippen MR) is 88.5 cm³/mol. The summed E-state index contributed by atoms with van der Waals surface area (Å²) in [5, 5.41) is 4.43. The van der Waals surface area contributed by atoms with Crippen LogP contribution >= 0.6 is 0 Å². The number of nitrogens with zero attached hydrogens (tertiary/aromatic N) is 4. The molecule has 1 aromatic heterocycles. The summed E-state index contributed by atoms with van der Waals surface area (Å²) in [6.07, 6.45) is 1.18. The normalized spacial score (nSPS) is 28.2. The van der Waals surface area contributed by atoms with Crippen molar-refractivity contribution in [3.05, 3.63) is 17.5 Å². The van der Waals surface area contributed by atoms with E-state index in [1.807, 2.05) is 24.6 Å². The molecular weight excluding hydrogens is 292 g/mol. The lowest BCUT2D eigenvalue weighted by molar-refractivity contribution is -0.0160. The first-order chi connectivity index (χ1) is 11.1. The Bertz CT molecular complexity index is 571. The van der Waals surface area contributed by atoms with Crippen molar-refractivity contribution in [2.45, 2.75) is 45.9 Å². The zero-order valence-electron chi connectivity index (χ0n) is 14.7. The van der Waals surface area contributed by atoms with Gasteiger partial charge in [0.05, 0.1) is 17.8 Å². The van der Waals surface area contributed by atoms with Crippen LogP contribution in [0.1, 0.15) is 36.5 Å². The molecule has 1 amide bonds. The second-order valence-corrected chi connectivity index (χ2v) is 6.63. The number of ether oxygens (including phenoxy) is 1. The number of hydrogen-bond donors (Lipinski definition) is 0. The largest absolute Gasteiger partial charge is 0.381 e. The molecule has 3 heterocycles. The fraction of sp³-hybridized carbons (Fsp3) is 0.765. The highest BCUT2D eigenvalue weighted by Crippen LogP contribution is 2.33. The van der Waals surface area contributed by atoms with Gasteiger partial charge in [-0.1, -0.05) is 6.92 Å². The molecule has 0 saturated carbocycles. The molecule has 0 aliphatic carbocycles. The summed E-state index contributed by atoms with van der Waals surface area (Å²) >= 11 is 0. The Kier molecular flexibility index (Phi) is 4.73. The molecule has 23 heavy (non-hydrogen) atoms. The molecule has 6 nitrogen and oxygen atoms in total. The minimum atomic E-state index is 0.120. The van der Waals surface area contributed by atoms with Gasteiger partial charge in [0.25, 0.3) is 5.91 Å². The van der Waals surface area contributed by atoms with Crippen molar-refractivity contribution in [2.24, 2.45) is 5.92 Å². The molecule has 3 rings (SSSR count). The van der Waals surface area contributed by atoms with Gasteiger partial charge in [0.2, 0.25) is 0 Å². The van der Waals surface area contributed by atoms with Crippen LogP contribution in [0.3, 0.4) is 0 Å². The first-order valence-electron chi connectivity index (χ1n) is 8.69. The Morgan fingerprint density at radius 1 is 1.35 bits per heavy atom. The van der Waals surface area contributed by atoms with Gasteiger partial charge in [0.15, 0.2) is 0 Å². The van der Waals surface area contributed by atoms with E-state index in [-0.39, 0.29) is 18.1 Å². The highest BCUT2D eigenvalue weighted by molar-refractivity contribution is 5.93. The lowest BCUT2D eigenvalue weighted by Gasteiger charge is -2.41. The summed E-state index contributed by atoms with van der Waals surface area (Å²) in [6, 6.07) is 2.16. The lowest BCUT2D eigenvalue weighted by Crippen LogP contribution is -2.53. The van der Waals surface area contributed by atoms with Gasteiger partial charge in [-0.05, 0) is 32.9 Å². The third kappa shape index (κ3) is 2.90. The van der Waals surface area contributed by atoms with Gasteiger partial charge in [0.1, 0.15) is 5.69 Å². The number of rotatable bonds is 4. The minimum Gasteiger partial charge on any atom is -0.381 e. The van der Waals surface area contributed by atoms with E-state index in [2.05, 4.69) is 21.8 Å². The molecule has 2 aliphatic rings. The molecule has 0 unspecified atom stereocenters. The molecule has 0 aromatic carbocycles. The Morgan fingerprint density at radius 2 is 2.13 bits per heavy atom. The maximum Gasteiger partial charge on any atom is 0.272 e. The van der Waals surface area contributed by atoms with Crippen molar-refractivity contribution in [3.8, 4) is 0 Å². The number of hydrogen-bond acceptors (Lipinski definition) is 4. The summed E-state index contributed by atoms with van der Waals surface area (Å²) in [5.41, 5.74) is 1.62. The van der Waals surface area contributed by atoms with Gasteiger partial charge in [-0.3, -0.25) is 9.48 Å². The zero-order chi connectivity index (χ0) is 16.6. The monoisotopic (exact) mass is 320 g/mol. The third-order valence-electron chi connectivity index (χ3n) is 5.37. The standard InChI is InChI=1S/C17H28N4O2/c1-5-19-10-13-15(11-19)20(8-7-16(13)23-4)17(22)14-9-12(3)18-21(14)6-2/h9,13,15-16H,5-8,10-11H2,1-4H3/t13-,15+,16+/m0/s1. The highest BCUT2D eigenvalue weighted by Gasteiger charge is 2.46. The van der Waals surface area contributed by atoms with E-state index in [9.17, 15) is 4.79 Å². The number of fused-ring (bicyclic) bond motifs is 1. The summed E-state index contributed by atoms with van der Waals surface area (Å²) in [4.78, 5) is 17.6. The van der Waals surface area contributed by atoms with Gasteiger partial charge in [-0.2, -0.15) is 5.10 Å². The van der Waals surface area contributed by atoms with Crippen LogP contribution in [-0.4, -0.2) is 70.9 Å². The molecule has 128 valence electrons. The number of amides is 1. The van der Waals surface area contributed by atoms with Gasteiger partial charge in [-0.15, -0.1) is 0 Å². The van der Waals surface area contributed by atoms with E-state index in [0.29, 0.717) is 5.92 Å². The van der Waals surface area contributed by atoms with E-state index < -0.39 is 0 Å². The first-order valence-corrected chi connectivity index (χ1v) is 8.69. The molecule has 0 bridgehead atoms. The molecule has 0 radical (unpaired) electrons. The van der Waals surface area contributed by atoms with Crippen LogP contribution in [0, 0.1) is 12.8 Å². The van der Waals surface area contributed by atoms with Crippen LogP contribution in [0.15, 0.2) is 6.07 Å². The highest BCUT2D eigenvalue weighted by atomic mass is 16.5. The van der Waals surface area contributed by atoms with Crippen molar-refractivity contribution in [2.75, 3.05) is 33.3 Å². The van der Waals surface area contributed by atoms with Crippen molar-refractivity contribution in [1.82, 2.24) is 19.6 Å². The fourth-order valence-corrected chi connectivity index (χ4v) is 4.14. The minimum absolute atomic E-state index is 0.120. The third-order valence-corrected chi connectivity index (χ3v) is 5.37. The maximum absolute atomic E-state index is 13.1. The number of aromatic nitrogens is 2. The van der Waals surface area contributed by atoms with Crippen molar-refractivity contribution in [3.63, 3.8) is 0 Å². The van der Waals surface area contributed by atoms with E-state index in [0.717, 1.165) is 50.5 Å². The van der Waals surface area contributed by atoms with Gasteiger partial charge < -0.3 is 14.5 Å². The summed E-state index contributed by atoms with van der Waals surface area (Å²) in [5.74, 6) is 0.534. The van der Waals surface area contributed by atoms with Crippen LogP contribution in [0.5, 0.6) is 0 Å². The molecule has 2 aliphatic heterocycles. The average Bonchev–Trinajstić information content (AvgIpc) is 3.16. The van der Waals surface area contributed by atoms with E-state index in [1.54, 1.807) is 7.11 Å². The number of aryl methyl sites for hydroxylation is 2. The van der Waals surface area contributed by atoms with Crippen molar-refractivity contribution in [1.29, 1.82) is 0 Å². The Morgan fingerprint density at radius 3 is 2.78 bits per heavy atom. The fourth-order valence-electron chi connectivity index (χ4n) is 4.14. The van der Waals surface area contributed by atoms with Crippen LogP contribution in [0.4, 0.5) is 0 Å². The van der Waals surface area contributed by atoms with Crippen LogP contribution in [-0.2, 0) is 11.3 Å². The zero-order valence-corrected chi connectivity index (χ0v) is 14.7. The number of likely N-dealkylation sites (N-methyl/N-ethyl adjacent to an activating group) is 1. The second kappa shape index (κ2) is 6.61. The first kappa shape index (κ1) is 16.5. The van der Waals surface area contributed by atoms with E-state index >= 15 is 0 Å². The number of carbonyl (C=O) groups excluding carboxylic acids is 1. The Hall–Kier alpha value is -1.40. The van der Waals surface area contributed by atoms with E-state index in [1.165, 1.54) is 0 Å². The average molecular weight is 320 g/mol. The predicted octanol–water partition coefficient (Wildman–Crippen LogP) is 1.39. The smallest absolute Gasteiger partial charge is 0.272 e. The SMILES string of the molecule is CCN1C[C@H]2[C@@H](C1)N(C(=O)c1cc(C)nn1CC)CC[C@H]2OC. The van der Waals surface area contributed by atoms with Gasteiger partial charge in [0, 0.05) is 39.2 Å². The maximum atomic E-state index is 13.1. The molecule has 0 N–H and O–H groups in total. The van der Waals surface area contributed by atoms with Crippen LogP contribution in [0.25, 0.3) is 0 Å². The molecular formula is C17H28N4O2. The molecule has 3 atom stereocenters. The number of piperidine rings is 1. The second-order valence-electron chi connectivity index (χ2n) is 6.63. The number of likely N-dealkylation sites (tertiary alicyclic amines) is 2. The van der Waals surface area contributed by atoms with Gasteiger partial charge in [-0.25, -0.2) is 0 Å². The quantitative estimate of drug-likeness (QED) is 0.841. The molecule has 2 saturated heterocycles. The summed E-state index contributed by atoms with van der Waals surface area (Å²) in [7, 11) is 1.79. The van der Waals surface area contributed by atoms with Crippen molar-refractivity contribution < 1.29 is 9.53 Å². The summed E-state index contributed by atoms with van der Waals surface area (Å²) < 4.78 is 7.52. The van der Waals surface area contributed by atoms with Crippen molar-refractivity contribution >= 4 is 5.91 Å². The molecule has 1 aromatic rings. The lowest BCUT2D eigenvalue weighted by atomic mass is 9.88. The molecule has 6 heteroatoms. The Labute approximate surface area is 138 Å². The topological polar surface area (TPSA) is 50.6 Å². The van der Waals surface area contributed by atoms with Gasteiger partial charge >= 0.3 is 0 Å². The molecule has 0 spiro atoms. The Balaban J connectivity index is 1.85. The summed E-state index contributed by atoms with van der Waals surface area (Å²) in [6.45, 7) is 10.6. The van der Waals surface area contributed by atoms with E-state index in [4.69, 9.17) is 4.74 Å². The molecule has 2 fully saturated rings.